The molecule has 2 aromatic rings. The zero-order valence-electron chi connectivity index (χ0n) is 9.83. The van der Waals surface area contributed by atoms with E-state index in [1.54, 1.807) is 6.20 Å². The molecule has 2 heterocycles. The van der Waals surface area contributed by atoms with Crippen LogP contribution in [0.2, 0.25) is 0 Å². The van der Waals surface area contributed by atoms with Gasteiger partial charge in [-0.15, -0.1) is 0 Å². The number of fused-ring (bicyclic) bond motifs is 1. The number of hydrogen-bond donors (Lipinski definition) is 1. The van der Waals surface area contributed by atoms with Gasteiger partial charge in [0, 0.05) is 11.8 Å². The number of aromatic nitrogens is 3. The predicted molar refractivity (Wildman–Crippen MR) is 69.9 cm³/mol. The van der Waals surface area contributed by atoms with E-state index in [1.807, 2.05) is 0 Å². The van der Waals surface area contributed by atoms with Crippen molar-refractivity contribution in [3.05, 3.63) is 11.9 Å². The fourth-order valence-electron chi connectivity index (χ4n) is 2.46. The van der Waals surface area contributed by atoms with E-state index in [9.17, 15) is 0 Å². The quantitative estimate of drug-likeness (QED) is 0.849. The number of thiazole rings is 1. The van der Waals surface area contributed by atoms with Crippen molar-refractivity contribution in [3.8, 4) is 6.07 Å². The van der Waals surface area contributed by atoms with Crippen LogP contribution in [-0.2, 0) is 0 Å². The molecule has 5 nitrogen and oxygen atoms in total. The highest BCUT2D eigenvalue weighted by atomic mass is 32.1. The lowest BCUT2D eigenvalue weighted by molar-refractivity contribution is 0.377. The van der Waals surface area contributed by atoms with Gasteiger partial charge in [-0.05, 0) is 25.7 Å². The molecule has 0 aromatic carbocycles. The Kier molecular flexibility index (Phi) is 2.84. The van der Waals surface area contributed by atoms with Gasteiger partial charge in [0.25, 0.3) is 0 Å². The molecule has 18 heavy (non-hydrogen) atoms. The van der Waals surface area contributed by atoms with Gasteiger partial charge in [-0.1, -0.05) is 11.3 Å². The Bertz CT molecular complexity index is 606. The van der Waals surface area contributed by atoms with Crippen LogP contribution in [0, 0.1) is 17.2 Å². The van der Waals surface area contributed by atoms with E-state index in [1.165, 1.54) is 11.3 Å². The average molecular weight is 259 g/mol. The van der Waals surface area contributed by atoms with E-state index >= 15 is 0 Å². The van der Waals surface area contributed by atoms with Crippen LogP contribution < -0.4 is 5.73 Å². The Morgan fingerprint density at radius 3 is 2.78 bits per heavy atom. The molecule has 0 atom stereocenters. The number of nitrogens with zero attached hydrogens (tertiary/aromatic N) is 4. The van der Waals surface area contributed by atoms with Crippen LogP contribution in [0.3, 0.4) is 0 Å². The van der Waals surface area contributed by atoms with E-state index in [2.05, 4.69) is 21.0 Å². The molecule has 0 unspecified atom stereocenters. The second-order valence-corrected chi connectivity index (χ2v) is 5.66. The van der Waals surface area contributed by atoms with Gasteiger partial charge in [-0.3, -0.25) is 0 Å². The Labute approximate surface area is 109 Å². The lowest BCUT2D eigenvalue weighted by atomic mass is 9.81. The molecule has 1 aliphatic rings. The first-order valence-electron chi connectivity index (χ1n) is 6.05. The summed E-state index contributed by atoms with van der Waals surface area (Å²) in [6, 6.07) is 2.35. The van der Waals surface area contributed by atoms with Crippen LogP contribution in [-0.4, -0.2) is 15.0 Å². The first-order chi connectivity index (χ1) is 8.76. The maximum absolute atomic E-state index is 8.89. The van der Waals surface area contributed by atoms with Crippen molar-refractivity contribution in [1.29, 1.82) is 5.26 Å². The first kappa shape index (κ1) is 11.4. The molecule has 1 fully saturated rings. The van der Waals surface area contributed by atoms with Gasteiger partial charge in [0.1, 0.15) is 0 Å². The minimum atomic E-state index is 0.219. The lowest BCUT2D eigenvalue weighted by Crippen LogP contribution is -2.13. The molecule has 0 radical (unpaired) electrons. The molecule has 0 amide bonds. The van der Waals surface area contributed by atoms with E-state index in [4.69, 9.17) is 11.0 Å². The third kappa shape index (κ3) is 2.02. The summed E-state index contributed by atoms with van der Waals surface area (Å²) in [4.78, 5) is 13.8. The highest BCUT2D eigenvalue weighted by Gasteiger charge is 2.23. The van der Waals surface area contributed by atoms with Gasteiger partial charge in [0.2, 0.25) is 0 Å². The van der Waals surface area contributed by atoms with Crippen molar-refractivity contribution in [2.75, 3.05) is 5.73 Å². The topological polar surface area (TPSA) is 88.5 Å². The minimum absolute atomic E-state index is 0.219. The number of anilines is 1. The molecule has 6 heteroatoms. The summed E-state index contributed by atoms with van der Waals surface area (Å²) < 4.78 is 0. The Morgan fingerprint density at radius 2 is 2.06 bits per heavy atom. The highest BCUT2D eigenvalue weighted by Crippen LogP contribution is 2.35. The fraction of sp³-hybridized carbons (Fsp3) is 0.500. The van der Waals surface area contributed by atoms with E-state index < -0.39 is 0 Å². The van der Waals surface area contributed by atoms with Crippen LogP contribution in [0.5, 0.6) is 0 Å². The summed E-state index contributed by atoms with van der Waals surface area (Å²) in [5.74, 6) is 0.645. The highest BCUT2D eigenvalue weighted by molar-refractivity contribution is 7.21. The minimum Gasteiger partial charge on any atom is -0.375 e. The van der Waals surface area contributed by atoms with Crippen LogP contribution in [0.15, 0.2) is 6.20 Å². The predicted octanol–water partition coefficient (Wildman–Crippen LogP) is 2.47. The van der Waals surface area contributed by atoms with Gasteiger partial charge in [0.15, 0.2) is 15.6 Å². The van der Waals surface area contributed by atoms with Gasteiger partial charge in [0.05, 0.1) is 18.0 Å². The normalized spacial score (nSPS) is 23.9. The largest absolute Gasteiger partial charge is 0.375 e. The second-order valence-electron chi connectivity index (χ2n) is 4.65. The van der Waals surface area contributed by atoms with E-state index in [0.29, 0.717) is 16.7 Å². The van der Waals surface area contributed by atoms with E-state index in [0.717, 1.165) is 36.2 Å². The number of nitrogen functional groups attached to an aromatic ring is 1. The summed E-state index contributed by atoms with van der Waals surface area (Å²) in [6.45, 7) is 0. The zero-order chi connectivity index (χ0) is 12.5. The fourth-order valence-corrected chi connectivity index (χ4v) is 3.14. The first-order valence-corrected chi connectivity index (χ1v) is 6.86. The third-order valence-electron chi connectivity index (χ3n) is 3.49. The van der Waals surface area contributed by atoms with Gasteiger partial charge < -0.3 is 5.73 Å². The molecular weight excluding hydrogens is 246 g/mol. The summed E-state index contributed by atoms with van der Waals surface area (Å²) in [6.07, 6.45) is 5.77. The Hall–Kier alpha value is -1.74. The van der Waals surface area contributed by atoms with Gasteiger partial charge >= 0.3 is 0 Å². The van der Waals surface area contributed by atoms with Crippen LogP contribution >= 0.6 is 11.3 Å². The van der Waals surface area contributed by atoms with Crippen molar-refractivity contribution in [1.82, 2.24) is 15.0 Å². The lowest BCUT2D eigenvalue weighted by Gasteiger charge is -2.23. The Morgan fingerprint density at radius 1 is 1.28 bits per heavy atom. The van der Waals surface area contributed by atoms with Crippen LogP contribution in [0.1, 0.15) is 37.3 Å². The average Bonchev–Trinajstić information content (AvgIpc) is 2.78. The molecule has 1 saturated carbocycles. The number of hydrogen-bond acceptors (Lipinski definition) is 6. The molecule has 0 spiro atoms. The van der Waals surface area contributed by atoms with Crippen molar-refractivity contribution in [2.24, 2.45) is 5.92 Å². The van der Waals surface area contributed by atoms with Gasteiger partial charge in [-0.2, -0.15) is 10.2 Å². The zero-order valence-corrected chi connectivity index (χ0v) is 10.7. The van der Waals surface area contributed by atoms with Gasteiger partial charge in [-0.25, -0.2) is 9.97 Å². The van der Waals surface area contributed by atoms with Crippen molar-refractivity contribution >= 4 is 26.9 Å². The van der Waals surface area contributed by atoms with Crippen LogP contribution in [0.4, 0.5) is 5.13 Å². The SMILES string of the molecule is N#CC1CCC(c2cnc3nc(N)sc3n2)CC1. The summed E-state index contributed by atoms with van der Waals surface area (Å²) in [5.41, 5.74) is 7.29. The van der Waals surface area contributed by atoms with Crippen LogP contribution in [0.25, 0.3) is 10.5 Å². The molecule has 2 N–H and O–H groups in total. The smallest absolute Gasteiger partial charge is 0.191 e. The number of nitriles is 1. The maximum atomic E-state index is 8.89. The number of rotatable bonds is 1. The molecule has 2 aromatic heterocycles. The molecule has 0 bridgehead atoms. The van der Waals surface area contributed by atoms with E-state index in [-0.39, 0.29) is 5.92 Å². The monoisotopic (exact) mass is 259 g/mol. The molecule has 0 aliphatic heterocycles. The molecule has 92 valence electrons. The maximum Gasteiger partial charge on any atom is 0.191 e. The Balaban J connectivity index is 1.84. The number of nitrogens with two attached hydrogens (primary N) is 1. The van der Waals surface area contributed by atoms with Crippen molar-refractivity contribution in [2.45, 2.75) is 31.6 Å². The standard InChI is InChI=1S/C12H13N5S/c13-5-7-1-3-8(4-2-7)9-6-15-10-11(16-9)18-12(14)17-10/h6-8H,1-4H2,(H2,14,15,17). The summed E-state index contributed by atoms with van der Waals surface area (Å²) in [5, 5.41) is 9.40. The second kappa shape index (κ2) is 4.50. The summed E-state index contributed by atoms with van der Waals surface area (Å²) in [7, 11) is 0. The summed E-state index contributed by atoms with van der Waals surface area (Å²) >= 11 is 1.38. The molecule has 3 rings (SSSR count). The van der Waals surface area contributed by atoms with Crippen molar-refractivity contribution in [3.63, 3.8) is 0 Å². The molecule has 1 aliphatic carbocycles. The molecule has 0 saturated heterocycles. The molecular formula is C12H13N5S. The van der Waals surface area contributed by atoms with Crippen molar-refractivity contribution < 1.29 is 0 Å². The third-order valence-corrected chi connectivity index (χ3v) is 4.25.